The smallest absolute Gasteiger partial charge is 0.0661 e. The number of aryl methyl sites for hydroxylation is 1. The van der Waals surface area contributed by atoms with Gasteiger partial charge in [0.15, 0.2) is 0 Å². The van der Waals surface area contributed by atoms with Crippen molar-refractivity contribution in [1.82, 2.24) is 0 Å². The molecule has 0 aromatic heterocycles. The predicted octanol–water partition coefficient (Wildman–Crippen LogP) is 3.83. The van der Waals surface area contributed by atoms with E-state index >= 15 is 0 Å². The Morgan fingerprint density at radius 3 is 2.53 bits per heavy atom. The summed E-state index contributed by atoms with van der Waals surface area (Å²) in [7, 11) is 0. The minimum atomic E-state index is -0.341. The summed E-state index contributed by atoms with van der Waals surface area (Å²) in [4.78, 5) is 0. The van der Waals surface area contributed by atoms with Gasteiger partial charge in [0.2, 0.25) is 0 Å². The van der Waals surface area contributed by atoms with Crippen LogP contribution in [0.15, 0.2) is 24.3 Å². The predicted molar refractivity (Wildman–Crippen MR) is 77.1 cm³/mol. The van der Waals surface area contributed by atoms with E-state index in [0.29, 0.717) is 5.41 Å². The minimum absolute atomic E-state index is 0.296. The molecule has 0 spiro atoms. The van der Waals surface area contributed by atoms with Gasteiger partial charge in [-0.2, -0.15) is 0 Å². The van der Waals surface area contributed by atoms with Crippen molar-refractivity contribution in [3.05, 3.63) is 35.4 Å². The number of rotatable bonds is 2. The lowest BCUT2D eigenvalue weighted by Crippen LogP contribution is -2.57. The van der Waals surface area contributed by atoms with E-state index in [1.165, 1.54) is 30.4 Å². The average Bonchev–Trinajstić information content (AvgIpc) is 2.36. The van der Waals surface area contributed by atoms with E-state index in [1.54, 1.807) is 0 Å². The molecule has 5 rings (SSSR count). The lowest BCUT2D eigenvalue weighted by molar-refractivity contribution is -0.137. The normalized spacial score (nSPS) is 43.7. The first-order valence-electron chi connectivity index (χ1n) is 7.93. The maximum absolute atomic E-state index is 10.9. The van der Waals surface area contributed by atoms with Crippen LogP contribution in [0.4, 0.5) is 0 Å². The first kappa shape index (κ1) is 12.0. The summed E-state index contributed by atoms with van der Waals surface area (Å²) in [5, 5.41) is 10.9. The summed E-state index contributed by atoms with van der Waals surface area (Å²) in [5.74, 6) is 1.55. The summed E-state index contributed by atoms with van der Waals surface area (Å²) in [6, 6.07) is 9.18. The number of hydrogen-bond donors (Lipinski definition) is 1. The largest absolute Gasteiger partial charge is 0.390 e. The van der Waals surface area contributed by atoms with Gasteiger partial charge in [-0.1, -0.05) is 31.2 Å². The Hall–Kier alpha value is -0.820. The van der Waals surface area contributed by atoms with Gasteiger partial charge in [0.05, 0.1) is 5.60 Å². The van der Waals surface area contributed by atoms with E-state index in [0.717, 1.165) is 37.5 Å². The molecule has 0 radical (unpaired) electrons. The highest BCUT2D eigenvalue weighted by Crippen LogP contribution is 2.62. The lowest BCUT2D eigenvalue weighted by atomic mass is 9.46. The highest BCUT2D eigenvalue weighted by Gasteiger charge is 2.57. The SMILES string of the molecule is CCc1cccc(C23CC4CC(CC(O)(C4)C2)C3)c1. The van der Waals surface area contributed by atoms with E-state index < -0.39 is 0 Å². The van der Waals surface area contributed by atoms with Crippen molar-refractivity contribution in [2.45, 2.75) is 62.9 Å². The maximum Gasteiger partial charge on any atom is 0.0661 e. The molecular formula is C18H24O. The van der Waals surface area contributed by atoms with Gasteiger partial charge in [-0.05, 0) is 73.3 Å². The van der Waals surface area contributed by atoms with Crippen LogP contribution in [0.3, 0.4) is 0 Å². The number of hydrogen-bond acceptors (Lipinski definition) is 1. The Labute approximate surface area is 116 Å². The molecule has 0 heterocycles. The summed E-state index contributed by atoms with van der Waals surface area (Å²) in [6.07, 6.45) is 8.27. The highest BCUT2D eigenvalue weighted by molar-refractivity contribution is 5.34. The molecule has 4 bridgehead atoms. The second-order valence-electron chi connectivity index (χ2n) is 7.52. The molecule has 2 atom stereocenters. The third kappa shape index (κ3) is 1.78. The molecule has 1 aromatic carbocycles. The molecule has 1 N–H and O–H groups in total. The highest BCUT2D eigenvalue weighted by atomic mass is 16.3. The molecule has 0 saturated heterocycles. The molecule has 102 valence electrons. The third-order valence-corrected chi connectivity index (χ3v) is 5.98. The fraction of sp³-hybridized carbons (Fsp3) is 0.667. The molecule has 4 aliphatic rings. The summed E-state index contributed by atoms with van der Waals surface area (Å²) >= 11 is 0. The van der Waals surface area contributed by atoms with Crippen LogP contribution in [0.1, 0.15) is 56.6 Å². The van der Waals surface area contributed by atoms with Crippen molar-refractivity contribution in [3.63, 3.8) is 0 Å². The van der Waals surface area contributed by atoms with Crippen LogP contribution in [0.25, 0.3) is 0 Å². The van der Waals surface area contributed by atoms with E-state index in [9.17, 15) is 5.11 Å². The van der Waals surface area contributed by atoms with Crippen molar-refractivity contribution in [3.8, 4) is 0 Å². The monoisotopic (exact) mass is 256 g/mol. The van der Waals surface area contributed by atoms with Crippen LogP contribution in [0, 0.1) is 11.8 Å². The second-order valence-corrected chi connectivity index (χ2v) is 7.52. The van der Waals surface area contributed by atoms with Crippen LogP contribution < -0.4 is 0 Å². The quantitative estimate of drug-likeness (QED) is 0.852. The van der Waals surface area contributed by atoms with Gasteiger partial charge >= 0.3 is 0 Å². The van der Waals surface area contributed by atoms with E-state index in [1.807, 2.05) is 0 Å². The molecule has 4 aliphatic carbocycles. The zero-order valence-corrected chi connectivity index (χ0v) is 11.9. The van der Waals surface area contributed by atoms with Crippen molar-refractivity contribution in [2.75, 3.05) is 0 Å². The van der Waals surface area contributed by atoms with Gasteiger partial charge in [-0.25, -0.2) is 0 Å². The Balaban J connectivity index is 1.77. The van der Waals surface area contributed by atoms with Crippen molar-refractivity contribution >= 4 is 0 Å². The molecule has 0 amide bonds. The van der Waals surface area contributed by atoms with Gasteiger partial charge in [-0.15, -0.1) is 0 Å². The molecule has 19 heavy (non-hydrogen) atoms. The molecular weight excluding hydrogens is 232 g/mol. The summed E-state index contributed by atoms with van der Waals surface area (Å²) in [6.45, 7) is 2.23. The Kier molecular flexibility index (Phi) is 2.42. The standard InChI is InChI=1S/C18H24O/c1-2-13-4-3-5-16(7-13)17-8-14-6-15(9-17)11-18(19,10-14)12-17/h3-5,7,14-15,19H,2,6,8-12H2,1H3. The van der Waals surface area contributed by atoms with Gasteiger partial charge in [0.1, 0.15) is 0 Å². The topological polar surface area (TPSA) is 20.2 Å². The van der Waals surface area contributed by atoms with Gasteiger partial charge in [-0.3, -0.25) is 0 Å². The van der Waals surface area contributed by atoms with Crippen LogP contribution >= 0.6 is 0 Å². The first-order valence-corrected chi connectivity index (χ1v) is 7.93. The molecule has 1 nitrogen and oxygen atoms in total. The maximum atomic E-state index is 10.9. The van der Waals surface area contributed by atoms with E-state index in [2.05, 4.69) is 31.2 Å². The van der Waals surface area contributed by atoms with Crippen LogP contribution in [-0.4, -0.2) is 10.7 Å². The number of benzene rings is 1. The fourth-order valence-corrected chi connectivity index (χ4v) is 5.67. The summed E-state index contributed by atoms with van der Waals surface area (Å²) < 4.78 is 0. The van der Waals surface area contributed by atoms with Crippen LogP contribution in [-0.2, 0) is 11.8 Å². The van der Waals surface area contributed by atoms with Gasteiger partial charge < -0.3 is 5.11 Å². The van der Waals surface area contributed by atoms with Crippen molar-refractivity contribution in [1.29, 1.82) is 0 Å². The molecule has 4 fully saturated rings. The minimum Gasteiger partial charge on any atom is -0.390 e. The zero-order chi connectivity index (χ0) is 13.1. The van der Waals surface area contributed by atoms with Gasteiger partial charge in [0.25, 0.3) is 0 Å². The van der Waals surface area contributed by atoms with Gasteiger partial charge in [0, 0.05) is 0 Å². The van der Waals surface area contributed by atoms with E-state index in [-0.39, 0.29) is 5.60 Å². The Morgan fingerprint density at radius 1 is 1.16 bits per heavy atom. The fourth-order valence-electron chi connectivity index (χ4n) is 5.67. The number of aliphatic hydroxyl groups is 1. The van der Waals surface area contributed by atoms with Crippen LogP contribution in [0.5, 0.6) is 0 Å². The van der Waals surface area contributed by atoms with Crippen molar-refractivity contribution in [2.24, 2.45) is 11.8 Å². The van der Waals surface area contributed by atoms with Crippen molar-refractivity contribution < 1.29 is 5.11 Å². The molecule has 4 saturated carbocycles. The molecule has 2 unspecified atom stereocenters. The third-order valence-electron chi connectivity index (χ3n) is 5.98. The molecule has 1 aromatic rings. The van der Waals surface area contributed by atoms with Crippen LogP contribution in [0.2, 0.25) is 0 Å². The Morgan fingerprint density at radius 2 is 1.89 bits per heavy atom. The molecule has 0 aliphatic heterocycles. The summed E-state index contributed by atoms with van der Waals surface area (Å²) in [5.41, 5.74) is 2.91. The Bertz CT molecular complexity index is 490. The lowest BCUT2D eigenvalue weighted by Gasteiger charge is -2.60. The first-order chi connectivity index (χ1) is 9.11. The average molecular weight is 256 g/mol. The zero-order valence-electron chi connectivity index (χ0n) is 11.9. The molecule has 1 heteroatoms. The van der Waals surface area contributed by atoms with E-state index in [4.69, 9.17) is 0 Å². The second kappa shape index (κ2) is 3.85.